The lowest BCUT2D eigenvalue weighted by Crippen LogP contribution is -2.42. The van der Waals surface area contributed by atoms with Crippen molar-refractivity contribution in [3.05, 3.63) is 58.6 Å². The first kappa shape index (κ1) is 19.1. The molecule has 0 saturated carbocycles. The second-order valence-electron chi connectivity index (χ2n) is 6.34. The van der Waals surface area contributed by atoms with Crippen LogP contribution in [-0.2, 0) is 4.79 Å². The van der Waals surface area contributed by atoms with Gasteiger partial charge in [-0.15, -0.1) is 0 Å². The number of ether oxygens (including phenoxy) is 3. The second-order valence-corrected chi connectivity index (χ2v) is 7.26. The van der Waals surface area contributed by atoms with Crippen LogP contribution in [0.4, 0.5) is 0 Å². The number of hydrazone groups is 1. The summed E-state index contributed by atoms with van der Waals surface area (Å²) >= 11 is 3.33. The molecule has 1 amide bonds. The van der Waals surface area contributed by atoms with Gasteiger partial charge in [0.25, 0.3) is 5.91 Å². The summed E-state index contributed by atoms with van der Waals surface area (Å²) in [6.45, 7) is 0.0721. The Hall–Kier alpha value is -3.26. The van der Waals surface area contributed by atoms with E-state index in [4.69, 9.17) is 14.2 Å². The fraction of sp³-hybridized carbons (Fsp3) is 0.143. The van der Waals surface area contributed by atoms with Gasteiger partial charge in [0.1, 0.15) is 6.61 Å². The Labute approximate surface area is 175 Å². The molecule has 2 N–H and O–H groups in total. The Bertz CT molecular complexity index is 1120. The van der Waals surface area contributed by atoms with Crippen molar-refractivity contribution >= 4 is 38.8 Å². The maximum Gasteiger partial charge on any atom is 0.284 e. The molecule has 0 fully saturated rings. The minimum Gasteiger partial charge on any atom is -0.504 e. The SMILES string of the molecule is COc1cc(Br)cc(/C=N/NC(=O)C2COc3cc4ccccc4cc3O2)c1O. The van der Waals surface area contributed by atoms with E-state index in [1.165, 1.54) is 13.3 Å². The first-order chi connectivity index (χ1) is 14.0. The average molecular weight is 457 g/mol. The normalized spacial score (nSPS) is 15.4. The molecular formula is C21H17BrN2O5. The van der Waals surface area contributed by atoms with Crippen molar-refractivity contribution in [1.29, 1.82) is 0 Å². The number of phenols is 1. The fourth-order valence-electron chi connectivity index (χ4n) is 2.97. The smallest absolute Gasteiger partial charge is 0.284 e. The van der Waals surface area contributed by atoms with Crippen LogP contribution in [-0.4, -0.2) is 37.0 Å². The Balaban J connectivity index is 1.46. The minimum atomic E-state index is -0.841. The number of benzene rings is 3. The molecule has 29 heavy (non-hydrogen) atoms. The maximum absolute atomic E-state index is 12.4. The van der Waals surface area contributed by atoms with Crippen LogP contribution in [0.1, 0.15) is 5.56 Å². The number of aromatic hydroxyl groups is 1. The Morgan fingerprint density at radius 3 is 2.69 bits per heavy atom. The third-order valence-corrected chi connectivity index (χ3v) is 4.89. The minimum absolute atomic E-state index is 0.0721. The molecule has 0 spiro atoms. The van der Waals surface area contributed by atoms with Gasteiger partial charge in [0.05, 0.1) is 13.3 Å². The quantitative estimate of drug-likeness (QED) is 0.462. The fourth-order valence-corrected chi connectivity index (χ4v) is 3.43. The van der Waals surface area contributed by atoms with Gasteiger partial charge in [0.2, 0.25) is 6.10 Å². The zero-order chi connectivity index (χ0) is 20.4. The molecular weight excluding hydrogens is 440 g/mol. The van der Waals surface area contributed by atoms with Gasteiger partial charge >= 0.3 is 0 Å². The highest BCUT2D eigenvalue weighted by atomic mass is 79.9. The van der Waals surface area contributed by atoms with Gasteiger partial charge in [-0.1, -0.05) is 40.2 Å². The van der Waals surface area contributed by atoms with Crippen LogP contribution in [0.5, 0.6) is 23.0 Å². The molecule has 7 nitrogen and oxygen atoms in total. The lowest BCUT2D eigenvalue weighted by molar-refractivity contribution is -0.130. The third-order valence-electron chi connectivity index (χ3n) is 4.43. The number of hydrogen-bond donors (Lipinski definition) is 2. The van der Waals surface area contributed by atoms with Crippen LogP contribution >= 0.6 is 15.9 Å². The molecule has 1 unspecified atom stereocenters. The van der Waals surface area contributed by atoms with Crippen LogP contribution in [0.25, 0.3) is 10.8 Å². The van der Waals surface area contributed by atoms with Crippen molar-refractivity contribution in [1.82, 2.24) is 5.43 Å². The molecule has 148 valence electrons. The van der Waals surface area contributed by atoms with Gasteiger partial charge in [0.15, 0.2) is 23.0 Å². The highest BCUT2D eigenvalue weighted by molar-refractivity contribution is 9.10. The molecule has 4 rings (SSSR count). The summed E-state index contributed by atoms with van der Waals surface area (Å²) in [6.07, 6.45) is 0.484. The van der Waals surface area contributed by atoms with Gasteiger partial charge in [-0.2, -0.15) is 5.10 Å². The van der Waals surface area contributed by atoms with Crippen LogP contribution < -0.4 is 19.6 Å². The van der Waals surface area contributed by atoms with Gasteiger partial charge in [-0.3, -0.25) is 4.79 Å². The van der Waals surface area contributed by atoms with Crippen molar-refractivity contribution < 1.29 is 24.1 Å². The van der Waals surface area contributed by atoms with Gasteiger partial charge < -0.3 is 19.3 Å². The number of carbonyl (C=O) groups excluding carboxylic acids is 1. The molecule has 0 bridgehead atoms. The van der Waals surface area contributed by atoms with Crippen molar-refractivity contribution in [3.8, 4) is 23.0 Å². The van der Waals surface area contributed by atoms with Gasteiger partial charge in [-0.05, 0) is 35.0 Å². The van der Waals surface area contributed by atoms with Crippen LogP contribution in [0, 0.1) is 0 Å². The maximum atomic E-state index is 12.4. The number of halogens is 1. The number of hydrogen-bond acceptors (Lipinski definition) is 6. The van der Waals surface area contributed by atoms with E-state index in [0.29, 0.717) is 27.3 Å². The summed E-state index contributed by atoms with van der Waals surface area (Å²) in [5, 5.41) is 16.1. The Morgan fingerprint density at radius 1 is 1.24 bits per heavy atom. The average Bonchev–Trinajstić information content (AvgIpc) is 2.73. The number of methoxy groups -OCH3 is 1. The second kappa shape index (κ2) is 8.00. The molecule has 3 aromatic rings. The largest absolute Gasteiger partial charge is 0.504 e. The summed E-state index contributed by atoms with van der Waals surface area (Å²) in [5.74, 6) is 0.865. The van der Waals surface area contributed by atoms with Crippen LogP contribution in [0.2, 0.25) is 0 Å². The number of phenolic OH excluding ortho intramolecular Hbond substituents is 1. The van der Waals surface area contributed by atoms with Crippen molar-refractivity contribution in [2.45, 2.75) is 6.10 Å². The lowest BCUT2D eigenvalue weighted by atomic mass is 10.1. The number of fused-ring (bicyclic) bond motifs is 2. The van der Waals surface area contributed by atoms with E-state index < -0.39 is 12.0 Å². The summed E-state index contributed by atoms with van der Waals surface area (Å²) in [6, 6.07) is 14.8. The van der Waals surface area contributed by atoms with E-state index in [1.807, 2.05) is 36.4 Å². The predicted octanol–water partition coefficient (Wildman–Crippen LogP) is 3.61. The Morgan fingerprint density at radius 2 is 1.97 bits per heavy atom. The standard InChI is InChI=1S/C21H17BrN2O5/c1-27-18-9-15(22)6-14(20(18)25)10-23-24-21(26)19-11-28-16-7-12-4-2-3-5-13(12)8-17(16)29-19/h2-10,19,25H,11H2,1H3,(H,24,26)/b23-10+. The zero-order valence-corrected chi connectivity index (χ0v) is 17.0. The molecule has 1 aliphatic rings. The van der Waals surface area contributed by atoms with Crippen molar-refractivity contribution in [3.63, 3.8) is 0 Å². The number of rotatable bonds is 4. The van der Waals surface area contributed by atoms with Gasteiger partial charge in [-0.25, -0.2) is 5.43 Å². The molecule has 0 saturated heterocycles. The topological polar surface area (TPSA) is 89.4 Å². The highest BCUT2D eigenvalue weighted by Gasteiger charge is 2.27. The number of nitrogens with zero attached hydrogens (tertiary/aromatic N) is 1. The summed E-state index contributed by atoms with van der Waals surface area (Å²) in [4.78, 5) is 12.4. The van der Waals surface area contributed by atoms with E-state index >= 15 is 0 Å². The van der Waals surface area contributed by atoms with Crippen molar-refractivity contribution in [2.24, 2.45) is 5.10 Å². The first-order valence-corrected chi connectivity index (χ1v) is 9.56. The lowest BCUT2D eigenvalue weighted by Gasteiger charge is -2.25. The monoisotopic (exact) mass is 456 g/mol. The third kappa shape index (κ3) is 3.97. The summed E-state index contributed by atoms with van der Waals surface area (Å²) in [7, 11) is 1.45. The zero-order valence-electron chi connectivity index (χ0n) is 15.4. The van der Waals surface area contributed by atoms with Gasteiger partial charge in [0, 0.05) is 10.0 Å². The highest BCUT2D eigenvalue weighted by Crippen LogP contribution is 2.36. The molecule has 1 heterocycles. The van der Waals surface area contributed by atoms with E-state index in [2.05, 4.69) is 26.5 Å². The molecule has 1 atom stereocenters. The molecule has 0 aromatic heterocycles. The molecule has 1 aliphatic heterocycles. The van der Waals surface area contributed by atoms with E-state index in [9.17, 15) is 9.90 Å². The van der Waals surface area contributed by atoms with Crippen molar-refractivity contribution in [2.75, 3.05) is 13.7 Å². The Kier molecular flexibility index (Phi) is 5.26. The van der Waals surface area contributed by atoms with E-state index in [1.54, 1.807) is 12.1 Å². The molecule has 0 aliphatic carbocycles. The number of nitrogens with one attached hydrogen (secondary N) is 1. The predicted molar refractivity (Wildman–Crippen MR) is 112 cm³/mol. The van der Waals surface area contributed by atoms with Crippen LogP contribution in [0.15, 0.2) is 58.1 Å². The molecule has 8 heteroatoms. The number of amides is 1. The molecule has 0 radical (unpaired) electrons. The van der Waals surface area contributed by atoms with E-state index in [0.717, 1.165) is 10.8 Å². The first-order valence-electron chi connectivity index (χ1n) is 8.77. The summed E-state index contributed by atoms with van der Waals surface area (Å²) in [5.41, 5.74) is 2.79. The summed E-state index contributed by atoms with van der Waals surface area (Å²) < 4.78 is 17.3. The van der Waals surface area contributed by atoms with E-state index in [-0.39, 0.29) is 12.4 Å². The van der Waals surface area contributed by atoms with Crippen LogP contribution in [0.3, 0.4) is 0 Å². The molecule has 3 aromatic carbocycles. The number of carbonyl (C=O) groups is 1.